The molecule has 0 amide bonds. The summed E-state index contributed by atoms with van der Waals surface area (Å²) in [5, 5.41) is 7.76. The van der Waals surface area contributed by atoms with Crippen LogP contribution >= 0.6 is 24.0 Å². The van der Waals surface area contributed by atoms with Gasteiger partial charge < -0.3 is 15.0 Å². The predicted octanol–water partition coefficient (Wildman–Crippen LogP) is 3.35. The quantitative estimate of drug-likeness (QED) is 0.378. The molecule has 154 valence electrons. The maximum atomic E-state index is 5.43. The lowest BCUT2D eigenvalue weighted by molar-refractivity contribution is 0.411. The Kier molecular flexibility index (Phi) is 8.59. The minimum absolute atomic E-state index is 0. The summed E-state index contributed by atoms with van der Waals surface area (Å²) in [6.45, 7) is 7.86. The molecular formula is C21H32IN5O. The van der Waals surface area contributed by atoms with Crippen molar-refractivity contribution >= 4 is 29.9 Å². The molecule has 0 saturated carbocycles. The van der Waals surface area contributed by atoms with E-state index in [-0.39, 0.29) is 24.0 Å². The number of guanidine groups is 1. The first-order valence-corrected chi connectivity index (χ1v) is 9.76. The summed E-state index contributed by atoms with van der Waals surface area (Å²) in [4.78, 5) is 7.24. The largest absolute Gasteiger partial charge is 0.496 e. The van der Waals surface area contributed by atoms with E-state index in [1.807, 2.05) is 17.9 Å². The average Bonchev–Trinajstić information content (AvgIpc) is 3.31. The Hall–Kier alpha value is -1.77. The molecule has 1 aromatic heterocycles. The van der Waals surface area contributed by atoms with Crippen molar-refractivity contribution in [3.63, 3.8) is 0 Å². The van der Waals surface area contributed by atoms with Gasteiger partial charge in [0.15, 0.2) is 5.96 Å². The number of nitrogens with one attached hydrogen (secondary N) is 1. The van der Waals surface area contributed by atoms with Crippen molar-refractivity contribution in [2.45, 2.75) is 32.6 Å². The van der Waals surface area contributed by atoms with Gasteiger partial charge in [0.2, 0.25) is 0 Å². The number of aliphatic imine (C=N–C) groups is 1. The van der Waals surface area contributed by atoms with Crippen LogP contribution in [0.4, 0.5) is 0 Å². The van der Waals surface area contributed by atoms with Crippen molar-refractivity contribution in [3.8, 4) is 5.75 Å². The zero-order valence-electron chi connectivity index (χ0n) is 17.3. The molecule has 6 nitrogen and oxygen atoms in total. The average molecular weight is 497 g/mol. The maximum absolute atomic E-state index is 5.43. The van der Waals surface area contributed by atoms with E-state index in [0.717, 1.165) is 56.3 Å². The lowest BCUT2D eigenvalue weighted by Gasteiger charge is -2.21. The van der Waals surface area contributed by atoms with Gasteiger partial charge in [-0.1, -0.05) is 12.1 Å². The molecule has 1 aliphatic heterocycles. The third-order valence-electron chi connectivity index (χ3n) is 5.15. The smallest absolute Gasteiger partial charge is 0.193 e. The van der Waals surface area contributed by atoms with Gasteiger partial charge in [0, 0.05) is 45.3 Å². The van der Waals surface area contributed by atoms with Crippen LogP contribution < -0.4 is 10.1 Å². The number of hydrogen-bond acceptors (Lipinski definition) is 3. The maximum Gasteiger partial charge on any atom is 0.193 e. The molecular weight excluding hydrogens is 465 g/mol. The molecule has 1 fully saturated rings. The fraction of sp³-hybridized carbons (Fsp3) is 0.524. The van der Waals surface area contributed by atoms with Gasteiger partial charge in [0.1, 0.15) is 5.75 Å². The molecule has 0 bridgehead atoms. The molecule has 0 spiro atoms. The number of nitrogens with zero attached hydrogens (tertiary/aromatic N) is 4. The zero-order valence-corrected chi connectivity index (χ0v) is 19.6. The number of ether oxygens (including phenoxy) is 1. The van der Waals surface area contributed by atoms with Gasteiger partial charge >= 0.3 is 0 Å². The molecule has 1 aliphatic rings. The molecule has 28 heavy (non-hydrogen) atoms. The number of aromatic nitrogens is 2. The summed E-state index contributed by atoms with van der Waals surface area (Å²) < 4.78 is 7.31. The lowest BCUT2D eigenvalue weighted by atomic mass is 10.0. The Balaban J connectivity index is 0.00000280. The molecule has 2 aromatic rings. The van der Waals surface area contributed by atoms with Crippen molar-refractivity contribution in [1.29, 1.82) is 0 Å². The predicted molar refractivity (Wildman–Crippen MR) is 125 cm³/mol. The fourth-order valence-corrected chi connectivity index (χ4v) is 3.61. The molecule has 1 saturated heterocycles. The van der Waals surface area contributed by atoms with E-state index < -0.39 is 0 Å². The number of halogens is 1. The van der Waals surface area contributed by atoms with Crippen molar-refractivity contribution in [1.82, 2.24) is 20.0 Å². The zero-order chi connectivity index (χ0) is 19.2. The molecule has 1 N–H and O–H groups in total. The van der Waals surface area contributed by atoms with Crippen molar-refractivity contribution < 1.29 is 4.74 Å². The minimum Gasteiger partial charge on any atom is -0.496 e. The first-order valence-electron chi connectivity index (χ1n) is 9.76. The van der Waals surface area contributed by atoms with Crippen LogP contribution in [-0.2, 0) is 13.5 Å². The highest BCUT2D eigenvalue weighted by molar-refractivity contribution is 14.0. The summed E-state index contributed by atoms with van der Waals surface area (Å²) in [6.07, 6.45) is 6.17. The first kappa shape index (κ1) is 22.5. The Bertz CT molecular complexity index is 789. The highest BCUT2D eigenvalue weighted by atomic mass is 127. The number of methoxy groups -OCH3 is 1. The van der Waals surface area contributed by atoms with Crippen LogP contribution in [0.3, 0.4) is 0 Å². The van der Waals surface area contributed by atoms with Gasteiger partial charge in [-0.3, -0.25) is 9.67 Å². The van der Waals surface area contributed by atoms with Gasteiger partial charge in [0.05, 0.1) is 13.3 Å². The van der Waals surface area contributed by atoms with Crippen molar-refractivity contribution in [2.24, 2.45) is 12.0 Å². The highest BCUT2D eigenvalue weighted by Crippen LogP contribution is 2.26. The summed E-state index contributed by atoms with van der Waals surface area (Å²) in [7, 11) is 3.70. The third-order valence-corrected chi connectivity index (χ3v) is 5.15. The topological polar surface area (TPSA) is 54.7 Å². The van der Waals surface area contributed by atoms with Crippen molar-refractivity contribution in [3.05, 3.63) is 47.3 Å². The van der Waals surface area contributed by atoms with Gasteiger partial charge in [-0.2, -0.15) is 5.10 Å². The summed E-state index contributed by atoms with van der Waals surface area (Å²) in [6, 6.07) is 6.39. The summed E-state index contributed by atoms with van der Waals surface area (Å²) in [5.74, 6) is 2.49. The van der Waals surface area contributed by atoms with Crippen LogP contribution in [0.25, 0.3) is 0 Å². The number of rotatable bonds is 6. The van der Waals surface area contributed by atoms with Crippen LogP contribution in [0.2, 0.25) is 0 Å². The molecule has 2 heterocycles. The van der Waals surface area contributed by atoms with E-state index >= 15 is 0 Å². The van der Waals surface area contributed by atoms with Crippen LogP contribution in [-0.4, -0.2) is 53.9 Å². The second-order valence-corrected chi connectivity index (χ2v) is 7.17. The number of likely N-dealkylation sites (tertiary alicyclic amines) is 1. The number of benzene rings is 1. The van der Waals surface area contributed by atoms with E-state index in [1.54, 1.807) is 7.11 Å². The van der Waals surface area contributed by atoms with Crippen LogP contribution in [0.1, 0.15) is 36.0 Å². The molecule has 1 unspecified atom stereocenters. The highest BCUT2D eigenvalue weighted by Gasteiger charge is 2.26. The molecule has 7 heteroatoms. The number of aryl methyl sites for hydroxylation is 2. The normalized spacial score (nSPS) is 16.8. The van der Waals surface area contributed by atoms with E-state index in [0.29, 0.717) is 5.92 Å². The Morgan fingerprint density at radius 1 is 1.39 bits per heavy atom. The SMILES string of the molecule is CCNC(=NCCc1ccc(C)c(OC)c1)N1CCC(c2cnn(C)c2)C1.I. The monoisotopic (exact) mass is 497 g/mol. The van der Waals surface area contributed by atoms with Crippen LogP contribution in [0.15, 0.2) is 35.6 Å². The van der Waals surface area contributed by atoms with Crippen LogP contribution in [0.5, 0.6) is 5.75 Å². The molecule has 1 atom stereocenters. The van der Waals surface area contributed by atoms with E-state index in [4.69, 9.17) is 9.73 Å². The standard InChI is InChI=1S/C21H31N5O.HI/c1-5-22-21(23-10-8-17-7-6-16(2)20(12-17)27-4)26-11-9-18(15-26)19-13-24-25(3)14-19;/h6-7,12-14,18H,5,8-11,15H2,1-4H3,(H,22,23);1H. The molecule has 1 aromatic carbocycles. The van der Waals surface area contributed by atoms with E-state index in [2.05, 4.69) is 53.6 Å². The molecule has 3 rings (SSSR count). The van der Waals surface area contributed by atoms with E-state index in [9.17, 15) is 0 Å². The second kappa shape index (κ2) is 10.7. The lowest BCUT2D eigenvalue weighted by Crippen LogP contribution is -2.40. The molecule has 0 radical (unpaired) electrons. The van der Waals surface area contributed by atoms with Gasteiger partial charge in [-0.05, 0) is 49.4 Å². The van der Waals surface area contributed by atoms with E-state index in [1.165, 1.54) is 11.1 Å². The number of hydrogen-bond donors (Lipinski definition) is 1. The second-order valence-electron chi connectivity index (χ2n) is 7.17. The Morgan fingerprint density at radius 3 is 2.89 bits per heavy atom. The third kappa shape index (κ3) is 5.62. The van der Waals surface area contributed by atoms with Crippen LogP contribution in [0, 0.1) is 6.92 Å². The fourth-order valence-electron chi connectivity index (χ4n) is 3.61. The minimum atomic E-state index is 0. The summed E-state index contributed by atoms with van der Waals surface area (Å²) >= 11 is 0. The van der Waals surface area contributed by atoms with Gasteiger partial charge in [-0.25, -0.2) is 0 Å². The van der Waals surface area contributed by atoms with Gasteiger partial charge in [-0.15, -0.1) is 24.0 Å². The molecule has 0 aliphatic carbocycles. The Morgan fingerprint density at radius 2 is 2.21 bits per heavy atom. The Labute approximate surface area is 185 Å². The van der Waals surface area contributed by atoms with Gasteiger partial charge in [0.25, 0.3) is 0 Å². The van der Waals surface area contributed by atoms with Crippen molar-refractivity contribution in [2.75, 3.05) is 33.3 Å². The summed E-state index contributed by atoms with van der Waals surface area (Å²) in [5.41, 5.74) is 3.74. The first-order chi connectivity index (χ1) is 13.1.